The molecule has 2 atom stereocenters. The van der Waals surface area contributed by atoms with E-state index in [4.69, 9.17) is 14.6 Å². The van der Waals surface area contributed by atoms with E-state index in [2.05, 4.69) is 5.32 Å². The van der Waals surface area contributed by atoms with Crippen LogP contribution < -0.4 is 10.1 Å². The number of benzene rings is 1. The molecule has 1 aromatic rings. The molecule has 1 heterocycles. The van der Waals surface area contributed by atoms with Crippen LogP contribution in [0.2, 0.25) is 0 Å². The second-order valence-electron chi connectivity index (χ2n) is 5.25. The van der Waals surface area contributed by atoms with Crippen molar-refractivity contribution < 1.29 is 14.6 Å². The predicted molar refractivity (Wildman–Crippen MR) is 80.3 cm³/mol. The number of methoxy groups -OCH3 is 1. The highest BCUT2D eigenvalue weighted by molar-refractivity contribution is 5.47. The molecule has 4 nitrogen and oxygen atoms in total. The zero-order valence-corrected chi connectivity index (χ0v) is 12.2. The summed E-state index contributed by atoms with van der Waals surface area (Å²) in [4.78, 5) is 0. The second-order valence-corrected chi connectivity index (χ2v) is 5.25. The Kier molecular flexibility index (Phi) is 6.15. The lowest BCUT2D eigenvalue weighted by atomic mass is 10.0. The lowest BCUT2D eigenvalue weighted by molar-refractivity contribution is 0.0918. The summed E-state index contributed by atoms with van der Waals surface area (Å²) in [6, 6.07) is 8.31. The molecule has 4 heteroatoms. The van der Waals surface area contributed by atoms with Gasteiger partial charge in [0.2, 0.25) is 0 Å². The zero-order chi connectivity index (χ0) is 14.2. The van der Waals surface area contributed by atoms with Crippen LogP contribution in [-0.2, 0) is 4.74 Å². The molecule has 1 aromatic carbocycles. The molecule has 2 rings (SSSR count). The molecule has 1 fully saturated rings. The summed E-state index contributed by atoms with van der Waals surface area (Å²) in [7, 11) is 1.67. The first-order valence-corrected chi connectivity index (χ1v) is 7.46. The molecule has 0 aliphatic carbocycles. The molecule has 0 spiro atoms. The van der Waals surface area contributed by atoms with Gasteiger partial charge in [-0.3, -0.25) is 0 Å². The van der Waals surface area contributed by atoms with Crippen LogP contribution in [0, 0.1) is 0 Å². The third-order valence-electron chi connectivity index (χ3n) is 3.78. The Morgan fingerprint density at radius 3 is 2.75 bits per heavy atom. The van der Waals surface area contributed by atoms with Gasteiger partial charge in [-0.1, -0.05) is 0 Å². The van der Waals surface area contributed by atoms with Crippen LogP contribution in [0.15, 0.2) is 24.3 Å². The number of aliphatic hydroxyl groups excluding tert-OH is 1. The van der Waals surface area contributed by atoms with Crippen LogP contribution >= 0.6 is 0 Å². The van der Waals surface area contributed by atoms with Crippen molar-refractivity contribution in [3.63, 3.8) is 0 Å². The first-order valence-electron chi connectivity index (χ1n) is 7.46. The number of ether oxygens (including phenoxy) is 2. The molecule has 2 unspecified atom stereocenters. The van der Waals surface area contributed by atoms with E-state index < -0.39 is 0 Å². The number of anilines is 1. The number of nitrogens with one attached hydrogen (secondary N) is 1. The number of hydrogen-bond acceptors (Lipinski definition) is 4. The number of unbranched alkanes of at least 4 members (excludes halogenated alkanes) is 1. The minimum atomic E-state index is 0.265. The molecule has 2 N–H and O–H groups in total. The van der Waals surface area contributed by atoms with Crippen molar-refractivity contribution in [1.82, 2.24) is 0 Å². The highest BCUT2D eigenvalue weighted by atomic mass is 16.5. The molecule has 1 aliphatic heterocycles. The van der Waals surface area contributed by atoms with Crippen LogP contribution in [0.5, 0.6) is 5.75 Å². The Balaban J connectivity index is 1.93. The molecule has 20 heavy (non-hydrogen) atoms. The molecular formula is C16H25NO3. The van der Waals surface area contributed by atoms with E-state index in [0.29, 0.717) is 6.04 Å². The third kappa shape index (κ3) is 4.39. The summed E-state index contributed by atoms with van der Waals surface area (Å²) in [5, 5.41) is 12.5. The van der Waals surface area contributed by atoms with Gasteiger partial charge in [0.25, 0.3) is 0 Å². The topological polar surface area (TPSA) is 50.7 Å². The van der Waals surface area contributed by atoms with Crippen LogP contribution in [0.4, 0.5) is 5.69 Å². The standard InChI is InChI=1S/C16H25NO3/c1-19-14-9-7-13(8-10-14)17-15(5-2-3-11-18)16-6-4-12-20-16/h7-10,15-18H,2-6,11-12H2,1H3. The Bertz CT molecular complexity index is 374. The Labute approximate surface area is 121 Å². The van der Waals surface area contributed by atoms with Crippen molar-refractivity contribution in [3.05, 3.63) is 24.3 Å². The van der Waals surface area contributed by atoms with Crippen molar-refractivity contribution in [1.29, 1.82) is 0 Å². The lowest BCUT2D eigenvalue weighted by Gasteiger charge is -2.25. The minimum Gasteiger partial charge on any atom is -0.497 e. The van der Waals surface area contributed by atoms with Gasteiger partial charge in [-0.05, 0) is 56.4 Å². The summed E-state index contributed by atoms with van der Waals surface area (Å²) in [6.07, 6.45) is 5.45. The molecule has 0 saturated carbocycles. The summed E-state index contributed by atoms with van der Waals surface area (Å²) in [5.74, 6) is 0.865. The van der Waals surface area contributed by atoms with Gasteiger partial charge in [0.05, 0.1) is 19.3 Å². The van der Waals surface area contributed by atoms with Crippen LogP contribution in [0.3, 0.4) is 0 Å². The smallest absolute Gasteiger partial charge is 0.119 e. The SMILES string of the molecule is COc1ccc(NC(CCCCO)C2CCCO2)cc1. The second kappa shape index (κ2) is 8.12. The van der Waals surface area contributed by atoms with E-state index in [-0.39, 0.29) is 12.7 Å². The normalized spacial score (nSPS) is 19.8. The van der Waals surface area contributed by atoms with Gasteiger partial charge in [0.15, 0.2) is 0 Å². The van der Waals surface area contributed by atoms with Gasteiger partial charge in [0.1, 0.15) is 5.75 Å². The summed E-state index contributed by atoms with van der Waals surface area (Å²) >= 11 is 0. The van der Waals surface area contributed by atoms with E-state index in [9.17, 15) is 0 Å². The van der Waals surface area contributed by atoms with Gasteiger partial charge in [-0.15, -0.1) is 0 Å². The zero-order valence-electron chi connectivity index (χ0n) is 12.2. The average molecular weight is 279 g/mol. The molecule has 0 radical (unpaired) electrons. The molecular weight excluding hydrogens is 254 g/mol. The van der Waals surface area contributed by atoms with Gasteiger partial charge in [0, 0.05) is 18.9 Å². The summed E-state index contributed by atoms with van der Waals surface area (Å²) < 4.78 is 11.0. The first kappa shape index (κ1) is 15.1. The minimum absolute atomic E-state index is 0.265. The van der Waals surface area contributed by atoms with Crippen LogP contribution in [0.25, 0.3) is 0 Å². The fraction of sp³-hybridized carbons (Fsp3) is 0.625. The maximum atomic E-state index is 8.93. The molecule has 0 bridgehead atoms. The van der Waals surface area contributed by atoms with Crippen molar-refractivity contribution in [2.45, 2.75) is 44.2 Å². The van der Waals surface area contributed by atoms with E-state index >= 15 is 0 Å². The third-order valence-corrected chi connectivity index (χ3v) is 3.78. The van der Waals surface area contributed by atoms with Crippen LogP contribution in [-0.4, -0.2) is 37.6 Å². The lowest BCUT2D eigenvalue weighted by Crippen LogP contribution is -2.33. The number of aliphatic hydroxyl groups is 1. The summed E-state index contributed by atoms with van der Waals surface area (Å²) in [5.41, 5.74) is 1.09. The maximum Gasteiger partial charge on any atom is 0.119 e. The molecule has 112 valence electrons. The van der Waals surface area contributed by atoms with Crippen LogP contribution in [0.1, 0.15) is 32.1 Å². The van der Waals surface area contributed by atoms with Crippen molar-refractivity contribution in [3.8, 4) is 5.75 Å². The Morgan fingerprint density at radius 2 is 2.15 bits per heavy atom. The summed E-state index contributed by atoms with van der Waals surface area (Å²) in [6.45, 7) is 1.13. The van der Waals surface area contributed by atoms with Crippen molar-refractivity contribution in [2.75, 3.05) is 25.6 Å². The molecule has 1 aliphatic rings. The molecule has 0 amide bonds. The van der Waals surface area contributed by atoms with E-state index in [1.54, 1.807) is 7.11 Å². The van der Waals surface area contributed by atoms with E-state index in [0.717, 1.165) is 50.1 Å². The largest absolute Gasteiger partial charge is 0.497 e. The quantitative estimate of drug-likeness (QED) is 0.718. The fourth-order valence-corrected chi connectivity index (χ4v) is 2.65. The predicted octanol–water partition coefficient (Wildman–Crippen LogP) is 2.82. The number of rotatable bonds is 8. The monoisotopic (exact) mass is 279 g/mol. The first-order chi connectivity index (χ1) is 9.83. The van der Waals surface area contributed by atoms with Gasteiger partial charge in [-0.2, -0.15) is 0 Å². The molecule has 0 aromatic heterocycles. The number of hydrogen-bond donors (Lipinski definition) is 2. The van der Waals surface area contributed by atoms with Gasteiger partial charge < -0.3 is 19.9 Å². The van der Waals surface area contributed by atoms with E-state index in [1.165, 1.54) is 0 Å². The van der Waals surface area contributed by atoms with Gasteiger partial charge in [-0.25, -0.2) is 0 Å². The highest BCUT2D eigenvalue weighted by Gasteiger charge is 2.25. The van der Waals surface area contributed by atoms with Gasteiger partial charge >= 0.3 is 0 Å². The highest BCUT2D eigenvalue weighted by Crippen LogP contribution is 2.24. The molecule has 1 saturated heterocycles. The fourth-order valence-electron chi connectivity index (χ4n) is 2.65. The van der Waals surface area contributed by atoms with Crippen molar-refractivity contribution >= 4 is 5.69 Å². The Hall–Kier alpha value is -1.26. The van der Waals surface area contributed by atoms with E-state index in [1.807, 2.05) is 24.3 Å². The average Bonchev–Trinajstić information content (AvgIpc) is 3.01. The maximum absolute atomic E-state index is 8.93. The Morgan fingerprint density at radius 1 is 1.35 bits per heavy atom. The van der Waals surface area contributed by atoms with Crippen molar-refractivity contribution in [2.24, 2.45) is 0 Å².